The Bertz CT molecular complexity index is 437. The number of likely N-dealkylation sites (tertiary alicyclic amines) is 1. The van der Waals surface area contributed by atoms with Crippen LogP contribution < -0.4 is 0 Å². The fourth-order valence-electron chi connectivity index (χ4n) is 2.44. The highest BCUT2D eigenvalue weighted by atomic mass is 32.2. The van der Waals surface area contributed by atoms with E-state index in [9.17, 15) is 8.42 Å². The Morgan fingerprint density at radius 3 is 2.33 bits per heavy atom. The normalized spacial score (nSPS) is 18.3. The van der Waals surface area contributed by atoms with Gasteiger partial charge in [0.1, 0.15) is 10.7 Å². The number of piperidine rings is 1. The zero-order chi connectivity index (χ0) is 13.0. The van der Waals surface area contributed by atoms with Gasteiger partial charge in [-0.2, -0.15) is 0 Å². The Morgan fingerprint density at radius 2 is 1.78 bits per heavy atom. The first-order chi connectivity index (χ1) is 8.63. The topological polar surface area (TPSA) is 37.4 Å². The third-order valence-corrected chi connectivity index (χ3v) is 4.36. The summed E-state index contributed by atoms with van der Waals surface area (Å²) in [6, 6.07) is 8.29. The van der Waals surface area contributed by atoms with E-state index < -0.39 is 10.7 Å². The Hall–Kier alpha value is -0.870. The van der Waals surface area contributed by atoms with Crippen molar-refractivity contribution in [3.05, 3.63) is 42.3 Å². The number of nitrogens with zero attached hydrogens (tertiary/aromatic N) is 1. The molecule has 0 atom stereocenters. The lowest BCUT2D eigenvalue weighted by molar-refractivity contribution is 0.186. The first-order valence-electron chi connectivity index (χ1n) is 6.38. The highest BCUT2D eigenvalue weighted by Crippen LogP contribution is 2.19. The SMILES string of the molecule is [CH2]c1ccc(CN2CCC(C[SH](=O)=O)CC2)cc1. The first kappa shape index (κ1) is 13.6. The summed E-state index contributed by atoms with van der Waals surface area (Å²) in [5, 5.41) is 0. The largest absolute Gasteiger partial charge is 0.299 e. The van der Waals surface area contributed by atoms with E-state index in [-0.39, 0.29) is 0 Å². The maximum Gasteiger partial charge on any atom is 0.140 e. The molecule has 1 fully saturated rings. The fraction of sp³-hybridized carbons (Fsp3) is 0.500. The van der Waals surface area contributed by atoms with Crippen LogP contribution in [0.2, 0.25) is 0 Å². The van der Waals surface area contributed by atoms with Crippen LogP contribution in [0.5, 0.6) is 0 Å². The number of hydrogen-bond donors (Lipinski definition) is 1. The number of hydrogen-bond acceptors (Lipinski definition) is 3. The molecule has 0 N–H and O–H groups in total. The molecule has 2 rings (SSSR count). The molecule has 4 heteroatoms. The quantitative estimate of drug-likeness (QED) is 0.843. The van der Waals surface area contributed by atoms with Gasteiger partial charge in [0.15, 0.2) is 0 Å². The van der Waals surface area contributed by atoms with E-state index in [0.29, 0.717) is 11.7 Å². The van der Waals surface area contributed by atoms with Crippen molar-refractivity contribution >= 4 is 10.7 Å². The molecule has 3 nitrogen and oxygen atoms in total. The zero-order valence-electron chi connectivity index (χ0n) is 10.5. The summed E-state index contributed by atoms with van der Waals surface area (Å²) < 4.78 is 21.4. The van der Waals surface area contributed by atoms with Gasteiger partial charge in [-0.15, -0.1) is 0 Å². The van der Waals surface area contributed by atoms with Crippen LogP contribution in [-0.2, 0) is 17.2 Å². The van der Waals surface area contributed by atoms with Gasteiger partial charge in [-0.25, -0.2) is 8.42 Å². The Morgan fingerprint density at radius 1 is 1.17 bits per heavy atom. The lowest BCUT2D eigenvalue weighted by atomic mass is 9.98. The second-order valence-electron chi connectivity index (χ2n) is 5.05. The van der Waals surface area contributed by atoms with E-state index in [0.717, 1.165) is 38.0 Å². The van der Waals surface area contributed by atoms with Crippen molar-refractivity contribution in [3.8, 4) is 0 Å². The molecule has 0 amide bonds. The van der Waals surface area contributed by atoms with Crippen molar-refractivity contribution in [3.63, 3.8) is 0 Å². The molecule has 1 saturated heterocycles. The zero-order valence-corrected chi connectivity index (χ0v) is 11.4. The van der Waals surface area contributed by atoms with Crippen LogP contribution in [0.1, 0.15) is 24.0 Å². The van der Waals surface area contributed by atoms with Crippen LogP contribution in [0.3, 0.4) is 0 Å². The molecule has 0 bridgehead atoms. The third kappa shape index (κ3) is 4.10. The minimum absolute atomic E-state index is 0.360. The second kappa shape index (κ2) is 6.34. The van der Waals surface area contributed by atoms with Gasteiger partial charge in [0, 0.05) is 6.54 Å². The first-order valence-corrected chi connectivity index (χ1v) is 7.75. The highest BCUT2D eigenvalue weighted by Gasteiger charge is 2.19. The van der Waals surface area contributed by atoms with Crippen LogP contribution in [0, 0.1) is 12.8 Å². The minimum atomic E-state index is -2.21. The molecule has 18 heavy (non-hydrogen) atoms. The minimum Gasteiger partial charge on any atom is -0.299 e. The van der Waals surface area contributed by atoms with E-state index in [2.05, 4.69) is 24.0 Å². The average Bonchev–Trinajstić information content (AvgIpc) is 2.34. The summed E-state index contributed by atoms with van der Waals surface area (Å²) in [5.74, 6) is 0.726. The molecule has 0 spiro atoms. The van der Waals surface area contributed by atoms with Gasteiger partial charge in [0.25, 0.3) is 0 Å². The smallest absolute Gasteiger partial charge is 0.140 e. The van der Waals surface area contributed by atoms with Crippen molar-refractivity contribution in [1.29, 1.82) is 0 Å². The van der Waals surface area contributed by atoms with Crippen LogP contribution in [-0.4, -0.2) is 32.2 Å². The molecule has 1 aromatic carbocycles. The summed E-state index contributed by atoms with van der Waals surface area (Å²) >= 11 is 0. The molecule has 1 heterocycles. The van der Waals surface area contributed by atoms with E-state index in [1.807, 2.05) is 12.1 Å². The van der Waals surface area contributed by atoms with E-state index >= 15 is 0 Å². The van der Waals surface area contributed by atoms with E-state index in [1.165, 1.54) is 5.56 Å². The summed E-state index contributed by atoms with van der Waals surface area (Å²) in [4.78, 5) is 2.40. The van der Waals surface area contributed by atoms with Gasteiger partial charge in [-0.3, -0.25) is 4.90 Å². The summed E-state index contributed by atoms with van der Waals surface area (Å²) in [7, 11) is -2.21. The number of benzene rings is 1. The molecule has 1 aliphatic rings. The van der Waals surface area contributed by atoms with Gasteiger partial charge in [0.2, 0.25) is 0 Å². The molecule has 99 valence electrons. The Kier molecular flexibility index (Phi) is 4.78. The van der Waals surface area contributed by atoms with Crippen molar-refractivity contribution in [2.75, 3.05) is 18.8 Å². The predicted octanol–water partition coefficient (Wildman–Crippen LogP) is 1.69. The number of rotatable bonds is 4. The molecule has 1 aliphatic heterocycles. The van der Waals surface area contributed by atoms with Gasteiger partial charge >= 0.3 is 0 Å². The maximum atomic E-state index is 10.7. The molecule has 1 radical (unpaired) electrons. The van der Waals surface area contributed by atoms with Crippen molar-refractivity contribution in [1.82, 2.24) is 4.90 Å². The lowest BCUT2D eigenvalue weighted by Crippen LogP contribution is -2.34. The average molecular weight is 266 g/mol. The maximum absolute atomic E-state index is 10.7. The van der Waals surface area contributed by atoms with E-state index in [4.69, 9.17) is 0 Å². The highest BCUT2D eigenvalue weighted by molar-refractivity contribution is 7.72. The molecular formula is C14H20NO2S. The molecular weight excluding hydrogens is 246 g/mol. The Balaban J connectivity index is 1.81. The predicted molar refractivity (Wildman–Crippen MR) is 74.1 cm³/mol. The van der Waals surface area contributed by atoms with Gasteiger partial charge in [-0.1, -0.05) is 24.3 Å². The molecule has 0 aliphatic carbocycles. The summed E-state index contributed by atoms with van der Waals surface area (Å²) in [6.07, 6.45) is 1.99. The van der Waals surface area contributed by atoms with Crippen LogP contribution in [0.15, 0.2) is 24.3 Å². The Labute approximate surface area is 111 Å². The van der Waals surface area contributed by atoms with Gasteiger partial charge in [-0.05, 0) is 49.9 Å². The van der Waals surface area contributed by atoms with Crippen molar-refractivity contribution in [2.24, 2.45) is 5.92 Å². The van der Waals surface area contributed by atoms with Crippen LogP contribution >= 0.6 is 0 Å². The van der Waals surface area contributed by atoms with Crippen LogP contribution in [0.4, 0.5) is 0 Å². The lowest BCUT2D eigenvalue weighted by Gasteiger charge is -2.31. The summed E-state index contributed by atoms with van der Waals surface area (Å²) in [5.41, 5.74) is 2.34. The van der Waals surface area contributed by atoms with Crippen molar-refractivity contribution in [2.45, 2.75) is 19.4 Å². The monoisotopic (exact) mass is 266 g/mol. The van der Waals surface area contributed by atoms with Gasteiger partial charge in [0.05, 0.1) is 5.75 Å². The van der Waals surface area contributed by atoms with E-state index in [1.54, 1.807) is 0 Å². The van der Waals surface area contributed by atoms with Crippen LogP contribution in [0.25, 0.3) is 0 Å². The fourth-order valence-corrected chi connectivity index (χ4v) is 3.23. The molecule has 0 unspecified atom stereocenters. The van der Waals surface area contributed by atoms with Crippen molar-refractivity contribution < 1.29 is 8.42 Å². The summed E-state index contributed by atoms with van der Waals surface area (Å²) in [6.45, 7) is 6.83. The standard InChI is InChI=1S/C14H20NO2S/c1-12-2-4-13(5-3-12)10-15-8-6-14(7-9-15)11-18(16)17/h2-5,14,18H,1,6-11H2. The van der Waals surface area contributed by atoms with Gasteiger partial charge < -0.3 is 0 Å². The molecule has 1 aromatic rings. The number of thiol groups is 1. The third-order valence-electron chi connectivity index (χ3n) is 3.54. The molecule has 0 aromatic heterocycles. The second-order valence-corrected chi connectivity index (χ2v) is 6.08. The molecule has 0 saturated carbocycles.